The summed E-state index contributed by atoms with van der Waals surface area (Å²) in [5, 5.41) is 2.76. The minimum Gasteiger partial charge on any atom is -0.493 e. The highest BCUT2D eigenvalue weighted by molar-refractivity contribution is 7.89. The van der Waals surface area contributed by atoms with E-state index in [1.165, 1.54) is 25.6 Å². The van der Waals surface area contributed by atoms with Crippen molar-refractivity contribution in [2.45, 2.75) is 6.42 Å². The predicted molar refractivity (Wildman–Crippen MR) is 127 cm³/mol. The van der Waals surface area contributed by atoms with Gasteiger partial charge in [-0.05, 0) is 30.7 Å². The fourth-order valence-corrected chi connectivity index (χ4v) is 5.25. The van der Waals surface area contributed by atoms with Crippen LogP contribution in [0, 0.1) is 0 Å². The number of piperazine rings is 1. The summed E-state index contributed by atoms with van der Waals surface area (Å²) >= 11 is 0. The topological polar surface area (TPSA) is 97.4 Å². The minimum atomic E-state index is -3.38. The summed E-state index contributed by atoms with van der Waals surface area (Å²) in [6.07, 6.45) is 0.317. The van der Waals surface area contributed by atoms with Gasteiger partial charge in [-0.2, -0.15) is 4.31 Å². The minimum absolute atomic E-state index is 0.0200. The van der Waals surface area contributed by atoms with Crippen molar-refractivity contribution < 1.29 is 27.4 Å². The van der Waals surface area contributed by atoms with Crippen LogP contribution in [0.25, 0.3) is 0 Å². The molecule has 0 bridgehead atoms. The Morgan fingerprint density at radius 1 is 0.939 bits per heavy atom. The largest absolute Gasteiger partial charge is 0.493 e. The van der Waals surface area contributed by atoms with Gasteiger partial charge in [0.15, 0.2) is 11.5 Å². The van der Waals surface area contributed by atoms with Crippen LogP contribution < -0.4 is 24.4 Å². The van der Waals surface area contributed by atoms with Crippen LogP contribution in [-0.2, 0) is 10.0 Å². The molecule has 1 saturated heterocycles. The number of ether oxygens (including phenoxy) is 3. The van der Waals surface area contributed by atoms with E-state index in [-0.39, 0.29) is 18.2 Å². The van der Waals surface area contributed by atoms with Crippen molar-refractivity contribution in [3.05, 3.63) is 48.0 Å². The zero-order chi connectivity index (χ0) is 23.8. The molecule has 10 heteroatoms. The zero-order valence-electron chi connectivity index (χ0n) is 19.2. The Morgan fingerprint density at radius 3 is 2.09 bits per heavy atom. The van der Waals surface area contributed by atoms with Crippen LogP contribution in [-0.4, -0.2) is 78.4 Å². The van der Waals surface area contributed by atoms with E-state index in [4.69, 9.17) is 14.2 Å². The maximum absolute atomic E-state index is 12.7. The number of nitrogens with one attached hydrogen (secondary N) is 1. The smallest absolute Gasteiger partial charge is 0.251 e. The summed E-state index contributed by atoms with van der Waals surface area (Å²) in [6, 6.07) is 13.1. The molecule has 2 aromatic rings. The molecular formula is C23H31N3O6S. The van der Waals surface area contributed by atoms with E-state index >= 15 is 0 Å². The summed E-state index contributed by atoms with van der Waals surface area (Å²) < 4.78 is 42.8. The first kappa shape index (κ1) is 24.7. The Bertz CT molecular complexity index is 1010. The highest BCUT2D eigenvalue weighted by Crippen LogP contribution is 2.38. The van der Waals surface area contributed by atoms with Gasteiger partial charge in [-0.15, -0.1) is 0 Å². The number of methoxy groups -OCH3 is 3. The van der Waals surface area contributed by atoms with Crippen LogP contribution in [0.5, 0.6) is 17.2 Å². The zero-order valence-corrected chi connectivity index (χ0v) is 20.1. The number of carbonyl (C=O) groups excluding carboxylic acids is 1. The van der Waals surface area contributed by atoms with Crippen molar-refractivity contribution in [1.29, 1.82) is 0 Å². The highest BCUT2D eigenvalue weighted by atomic mass is 32.2. The standard InChI is InChI=1S/C23H31N3O6S/c1-30-20-16-18(17-21(31-2)22(20)32-3)23(27)24-10-7-15-33(28,29)26-13-11-25(12-14-26)19-8-5-4-6-9-19/h4-6,8-9,16-17H,7,10-15H2,1-3H3,(H,24,27). The Morgan fingerprint density at radius 2 is 1.55 bits per heavy atom. The lowest BCUT2D eigenvalue weighted by atomic mass is 10.1. The van der Waals surface area contributed by atoms with Crippen LogP contribution in [0.4, 0.5) is 5.69 Å². The molecule has 1 amide bonds. The summed E-state index contributed by atoms with van der Waals surface area (Å²) in [4.78, 5) is 14.7. The van der Waals surface area contributed by atoms with E-state index in [1.807, 2.05) is 30.3 Å². The molecule has 0 radical (unpaired) electrons. The lowest BCUT2D eigenvalue weighted by Crippen LogP contribution is -2.49. The molecule has 1 aliphatic heterocycles. The molecule has 2 aromatic carbocycles. The number of hydrogen-bond acceptors (Lipinski definition) is 7. The average Bonchev–Trinajstić information content (AvgIpc) is 2.86. The molecule has 0 atom stereocenters. The van der Waals surface area contributed by atoms with Gasteiger partial charge >= 0.3 is 0 Å². The normalized spacial score (nSPS) is 14.6. The Labute approximate surface area is 195 Å². The van der Waals surface area contributed by atoms with Gasteiger partial charge < -0.3 is 24.4 Å². The van der Waals surface area contributed by atoms with Crippen molar-refractivity contribution in [3.8, 4) is 17.2 Å². The first-order chi connectivity index (χ1) is 15.9. The molecule has 1 heterocycles. The van der Waals surface area contributed by atoms with Crippen LogP contribution in [0.1, 0.15) is 16.8 Å². The third kappa shape index (κ3) is 6.08. The average molecular weight is 478 g/mol. The van der Waals surface area contributed by atoms with E-state index < -0.39 is 10.0 Å². The van der Waals surface area contributed by atoms with Crippen LogP contribution >= 0.6 is 0 Å². The van der Waals surface area contributed by atoms with Gasteiger partial charge in [0.2, 0.25) is 15.8 Å². The molecule has 1 fully saturated rings. The highest BCUT2D eigenvalue weighted by Gasteiger charge is 2.26. The van der Waals surface area contributed by atoms with Crippen molar-refractivity contribution in [2.24, 2.45) is 0 Å². The lowest BCUT2D eigenvalue weighted by molar-refractivity contribution is 0.0952. The van der Waals surface area contributed by atoms with E-state index in [0.29, 0.717) is 55.4 Å². The van der Waals surface area contributed by atoms with Crippen molar-refractivity contribution in [1.82, 2.24) is 9.62 Å². The molecule has 0 aromatic heterocycles. The van der Waals surface area contributed by atoms with E-state index in [2.05, 4.69) is 10.2 Å². The molecule has 0 unspecified atom stereocenters. The van der Waals surface area contributed by atoms with Crippen molar-refractivity contribution in [3.63, 3.8) is 0 Å². The Kier molecular flexibility index (Phi) is 8.40. The molecule has 33 heavy (non-hydrogen) atoms. The fourth-order valence-electron chi connectivity index (χ4n) is 3.76. The first-order valence-corrected chi connectivity index (χ1v) is 12.4. The molecule has 0 saturated carbocycles. The molecule has 0 spiro atoms. The fraction of sp³-hybridized carbons (Fsp3) is 0.435. The molecule has 1 N–H and O–H groups in total. The number of hydrogen-bond donors (Lipinski definition) is 1. The van der Waals surface area contributed by atoms with Gasteiger partial charge in [0, 0.05) is 44.0 Å². The summed E-state index contributed by atoms with van der Waals surface area (Å²) in [6.45, 7) is 2.45. The van der Waals surface area contributed by atoms with E-state index in [0.717, 1.165) is 5.69 Å². The number of carbonyl (C=O) groups is 1. The second-order valence-corrected chi connectivity index (χ2v) is 9.65. The maximum atomic E-state index is 12.7. The number of anilines is 1. The quantitative estimate of drug-likeness (QED) is 0.523. The first-order valence-electron chi connectivity index (χ1n) is 10.8. The second-order valence-electron chi connectivity index (χ2n) is 7.56. The number of benzene rings is 2. The Balaban J connectivity index is 1.49. The predicted octanol–water partition coefficient (Wildman–Crippen LogP) is 1.98. The van der Waals surface area contributed by atoms with Gasteiger partial charge in [0.1, 0.15) is 0 Å². The third-order valence-electron chi connectivity index (χ3n) is 5.54. The van der Waals surface area contributed by atoms with Crippen LogP contribution in [0.2, 0.25) is 0 Å². The van der Waals surface area contributed by atoms with Gasteiger partial charge in [0.05, 0.1) is 27.1 Å². The van der Waals surface area contributed by atoms with Gasteiger partial charge in [0.25, 0.3) is 5.91 Å². The number of rotatable bonds is 10. The number of para-hydroxylation sites is 1. The van der Waals surface area contributed by atoms with Crippen molar-refractivity contribution in [2.75, 3.05) is 64.7 Å². The lowest BCUT2D eigenvalue weighted by Gasteiger charge is -2.35. The van der Waals surface area contributed by atoms with Crippen LogP contribution in [0.15, 0.2) is 42.5 Å². The van der Waals surface area contributed by atoms with Crippen LogP contribution in [0.3, 0.4) is 0 Å². The summed E-state index contributed by atoms with van der Waals surface area (Å²) in [5.41, 5.74) is 1.44. The number of sulfonamides is 1. The van der Waals surface area contributed by atoms with Gasteiger partial charge in [-0.25, -0.2) is 8.42 Å². The van der Waals surface area contributed by atoms with Gasteiger partial charge in [-0.1, -0.05) is 18.2 Å². The molecule has 0 aliphatic carbocycles. The molecule has 180 valence electrons. The Hall–Kier alpha value is -2.98. The summed E-state index contributed by atoms with van der Waals surface area (Å²) in [7, 11) is 1.06. The molecule has 1 aliphatic rings. The van der Waals surface area contributed by atoms with E-state index in [1.54, 1.807) is 12.1 Å². The third-order valence-corrected chi connectivity index (χ3v) is 7.50. The molecular weight excluding hydrogens is 446 g/mol. The van der Waals surface area contributed by atoms with Gasteiger partial charge in [-0.3, -0.25) is 4.79 Å². The number of nitrogens with zero attached hydrogens (tertiary/aromatic N) is 2. The second kappa shape index (κ2) is 11.2. The summed E-state index contributed by atoms with van der Waals surface area (Å²) in [5.74, 6) is 0.782. The van der Waals surface area contributed by atoms with E-state index in [9.17, 15) is 13.2 Å². The van der Waals surface area contributed by atoms with Crippen molar-refractivity contribution >= 4 is 21.6 Å². The SMILES string of the molecule is COc1cc(C(=O)NCCCS(=O)(=O)N2CCN(c3ccccc3)CC2)cc(OC)c1OC. The molecule has 3 rings (SSSR count). The molecule has 9 nitrogen and oxygen atoms in total. The maximum Gasteiger partial charge on any atom is 0.251 e. The number of amides is 1. The monoisotopic (exact) mass is 477 g/mol.